The third-order valence-electron chi connectivity index (χ3n) is 4.13. The minimum Gasteiger partial charge on any atom is -0.618 e. The molecule has 0 N–H and O–H groups in total. The minimum atomic E-state index is -0.605. The Balaban J connectivity index is 1.92. The molecule has 3 aromatic rings. The lowest BCUT2D eigenvalue weighted by Gasteiger charge is -2.11. The molecule has 0 aliphatic carbocycles. The molecule has 1 heterocycles. The number of esters is 1. The van der Waals surface area contributed by atoms with E-state index in [2.05, 4.69) is 4.98 Å². The minimum absolute atomic E-state index is 0.0852. The maximum atomic E-state index is 12.7. The van der Waals surface area contributed by atoms with Crippen LogP contribution in [0.25, 0.3) is 11.0 Å². The fourth-order valence-corrected chi connectivity index (χ4v) is 2.71. The van der Waals surface area contributed by atoms with Gasteiger partial charge in [0.05, 0.1) is 25.8 Å². The van der Waals surface area contributed by atoms with Crippen LogP contribution in [0.1, 0.15) is 33.5 Å². The Hall–Kier alpha value is -3.68. The van der Waals surface area contributed by atoms with Gasteiger partial charge >= 0.3 is 5.97 Å². The van der Waals surface area contributed by atoms with Crippen molar-refractivity contribution >= 4 is 22.8 Å². The highest BCUT2D eigenvalue weighted by Crippen LogP contribution is 2.19. The Bertz CT molecular complexity index is 1050. The highest BCUT2D eigenvalue weighted by molar-refractivity contribution is 5.93. The number of carbonyl (C=O) groups is 2. The van der Waals surface area contributed by atoms with Crippen LogP contribution < -0.4 is 14.2 Å². The highest BCUT2D eigenvalue weighted by atomic mass is 16.5. The number of Topliss-reactive ketones (excluding diaryl/α,β-unsaturated/α-hetero) is 1. The number of ketones is 1. The van der Waals surface area contributed by atoms with Crippen molar-refractivity contribution in [3.8, 4) is 11.5 Å². The molecule has 28 heavy (non-hydrogen) atoms. The van der Waals surface area contributed by atoms with Crippen LogP contribution in [0, 0.1) is 5.21 Å². The maximum Gasteiger partial charge on any atom is 0.338 e. The summed E-state index contributed by atoms with van der Waals surface area (Å²) in [4.78, 5) is 28.6. The van der Waals surface area contributed by atoms with Gasteiger partial charge in [-0.3, -0.25) is 4.79 Å². The largest absolute Gasteiger partial charge is 0.618 e. The second-order valence-electron chi connectivity index (χ2n) is 5.92. The molecule has 8 heteroatoms. The quantitative estimate of drug-likeness (QED) is 0.279. The lowest BCUT2D eigenvalue weighted by Crippen LogP contribution is -2.37. The molecule has 2 aromatic carbocycles. The van der Waals surface area contributed by atoms with Crippen LogP contribution in [0.5, 0.6) is 11.5 Å². The zero-order valence-electron chi connectivity index (χ0n) is 15.6. The average molecular weight is 382 g/mol. The van der Waals surface area contributed by atoms with Gasteiger partial charge in [0, 0.05) is 6.92 Å². The molecule has 0 bridgehead atoms. The summed E-state index contributed by atoms with van der Waals surface area (Å²) < 4.78 is 15.9. The number of fused-ring (bicyclic) bond motifs is 1. The monoisotopic (exact) mass is 382 g/mol. The SMILES string of the molecule is COc1ccc(C(=O)OCc2nc3ccc(OC)cc3[n+]([O-])c2C(C)=O)cc1. The summed E-state index contributed by atoms with van der Waals surface area (Å²) in [6.07, 6.45) is 0. The van der Waals surface area contributed by atoms with Crippen molar-refractivity contribution < 1.29 is 28.5 Å². The first kappa shape index (κ1) is 19.1. The Morgan fingerprint density at radius 3 is 2.29 bits per heavy atom. The van der Waals surface area contributed by atoms with E-state index in [-0.39, 0.29) is 23.5 Å². The maximum absolute atomic E-state index is 12.7. The number of nitrogens with zero attached hydrogens (tertiary/aromatic N) is 2. The second kappa shape index (κ2) is 7.91. The average Bonchev–Trinajstić information content (AvgIpc) is 2.71. The normalized spacial score (nSPS) is 10.5. The van der Waals surface area contributed by atoms with Gasteiger partial charge in [0.1, 0.15) is 23.6 Å². The Kier molecular flexibility index (Phi) is 5.39. The van der Waals surface area contributed by atoms with Crippen molar-refractivity contribution in [1.82, 2.24) is 4.98 Å². The van der Waals surface area contributed by atoms with Gasteiger partial charge in [-0.15, -0.1) is 0 Å². The van der Waals surface area contributed by atoms with Gasteiger partial charge in [0.2, 0.25) is 11.3 Å². The Morgan fingerprint density at radius 2 is 1.68 bits per heavy atom. The third kappa shape index (κ3) is 3.71. The highest BCUT2D eigenvalue weighted by Gasteiger charge is 2.24. The number of hydrogen-bond donors (Lipinski definition) is 0. The number of carbonyl (C=O) groups excluding carboxylic acids is 2. The lowest BCUT2D eigenvalue weighted by atomic mass is 10.2. The zero-order valence-corrected chi connectivity index (χ0v) is 15.6. The van der Waals surface area contributed by atoms with Gasteiger partial charge < -0.3 is 19.4 Å². The Labute approximate surface area is 160 Å². The van der Waals surface area contributed by atoms with Crippen molar-refractivity contribution in [2.24, 2.45) is 0 Å². The van der Waals surface area contributed by atoms with Gasteiger partial charge in [-0.25, -0.2) is 9.78 Å². The summed E-state index contributed by atoms with van der Waals surface area (Å²) in [6, 6.07) is 11.1. The topological polar surface area (TPSA) is 102 Å². The number of aromatic nitrogens is 2. The molecule has 0 spiro atoms. The van der Waals surface area contributed by atoms with Gasteiger partial charge in [-0.1, -0.05) is 0 Å². The summed E-state index contributed by atoms with van der Waals surface area (Å²) in [5.74, 6) is -0.0181. The predicted molar refractivity (Wildman–Crippen MR) is 99.4 cm³/mol. The van der Waals surface area contributed by atoms with Gasteiger partial charge in [0.15, 0.2) is 5.69 Å². The van der Waals surface area contributed by atoms with E-state index in [9.17, 15) is 14.8 Å². The van der Waals surface area contributed by atoms with Crippen LogP contribution in [-0.4, -0.2) is 31.0 Å². The van der Waals surface area contributed by atoms with E-state index >= 15 is 0 Å². The second-order valence-corrected chi connectivity index (χ2v) is 5.92. The van der Waals surface area contributed by atoms with E-state index < -0.39 is 11.8 Å². The fraction of sp³-hybridized carbons (Fsp3) is 0.200. The van der Waals surface area contributed by atoms with E-state index in [4.69, 9.17) is 14.2 Å². The summed E-state index contributed by atoms with van der Waals surface area (Å²) in [5, 5.41) is 12.7. The van der Waals surface area contributed by atoms with Gasteiger partial charge in [-0.2, -0.15) is 4.73 Å². The molecule has 0 unspecified atom stereocenters. The van der Waals surface area contributed by atoms with Crippen molar-refractivity contribution in [3.63, 3.8) is 0 Å². The molecule has 0 atom stereocenters. The molecule has 0 saturated carbocycles. The predicted octanol–water partition coefficient (Wildman–Crippen LogP) is 2.45. The molecular weight excluding hydrogens is 364 g/mol. The van der Waals surface area contributed by atoms with E-state index in [1.165, 1.54) is 27.2 Å². The third-order valence-corrected chi connectivity index (χ3v) is 4.13. The first-order valence-corrected chi connectivity index (χ1v) is 8.37. The number of benzene rings is 2. The fourth-order valence-electron chi connectivity index (χ4n) is 2.71. The van der Waals surface area contributed by atoms with Crippen LogP contribution in [0.15, 0.2) is 42.5 Å². The van der Waals surface area contributed by atoms with Crippen molar-refractivity contribution in [1.29, 1.82) is 0 Å². The van der Waals surface area contributed by atoms with Crippen molar-refractivity contribution in [2.75, 3.05) is 14.2 Å². The van der Waals surface area contributed by atoms with Crippen LogP contribution in [0.3, 0.4) is 0 Å². The molecular formula is C20H18N2O6. The van der Waals surface area contributed by atoms with Gasteiger partial charge in [-0.05, 0) is 36.4 Å². The lowest BCUT2D eigenvalue weighted by molar-refractivity contribution is -0.580. The standard InChI is InChI=1S/C20H18N2O6/c1-12(23)19-17(11-28-20(24)13-4-6-14(26-2)7-5-13)21-16-9-8-15(27-3)10-18(16)22(19)25/h4-10H,11H2,1-3H3. The molecule has 0 aliphatic heterocycles. The van der Waals surface area contributed by atoms with E-state index in [1.807, 2.05) is 0 Å². The molecule has 0 aliphatic rings. The van der Waals surface area contributed by atoms with Crippen LogP contribution in [0.4, 0.5) is 0 Å². The molecule has 1 aromatic heterocycles. The molecule has 0 amide bonds. The molecule has 8 nitrogen and oxygen atoms in total. The molecule has 0 fully saturated rings. The summed E-state index contributed by atoms with van der Waals surface area (Å²) >= 11 is 0. The van der Waals surface area contributed by atoms with Crippen LogP contribution >= 0.6 is 0 Å². The number of hydrogen-bond acceptors (Lipinski definition) is 7. The van der Waals surface area contributed by atoms with Crippen molar-refractivity contribution in [2.45, 2.75) is 13.5 Å². The molecule has 3 rings (SSSR count). The number of methoxy groups -OCH3 is 2. The summed E-state index contributed by atoms with van der Waals surface area (Å²) in [7, 11) is 3.00. The Morgan fingerprint density at radius 1 is 1.04 bits per heavy atom. The molecule has 0 saturated heterocycles. The smallest absolute Gasteiger partial charge is 0.338 e. The van der Waals surface area contributed by atoms with E-state index in [1.54, 1.807) is 36.4 Å². The number of rotatable bonds is 6. The van der Waals surface area contributed by atoms with E-state index in [0.29, 0.717) is 27.3 Å². The first-order valence-electron chi connectivity index (χ1n) is 8.37. The van der Waals surface area contributed by atoms with Gasteiger partial charge in [0.25, 0.3) is 5.69 Å². The number of ether oxygens (including phenoxy) is 3. The van der Waals surface area contributed by atoms with Crippen LogP contribution in [-0.2, 0) is 11.3 Å². The molecule has 0 radical (unpaired) electrons. The first-order chi connectivity index (χ1) is 13.4. The van der Waals surface area contributed by atoms with Crippen LogP contribution in [0.2, 0.25) is 0 Å². The summed E-state index contributed by atoms with van der Waals surface area (Å²) in [5.41, 5.74) is 0.766. The summed E-state index contributed by atoms with van der Waals surface area (Å²) in [6.45, 7) is 0.941. The zero-order chi connectivity index (χ0) is 20.3. The van der Waals surface area contributed by atoms with Crippen molar-refractivity contribution in [3.05, 3.63) is 64.6 Å². The van der Waals surface area contributed by atoms with E-state index in [0.717, 1.165) is 0 Å². The molecule has 144 valence electrons.